The summed E-state index contributed by atoms with van der Waals surface area (Å²) in [6, 6.07) is 13.6. The highest BCUT2D eigenvalue weighted by molar-refractivity contribution is 9.10. The number of halogens is 1. The zero-order valence-corrected chi connectivity index (χ0v) is 13.0. The van der Waals surface area contributed by atoms with Crippen molar-refractivity contribution < 1.29 is 9.53 Å². The van der Waals surface area contributed by atoms with Gasteiger partial charge < -0.3 is 9.30 Å². The number of hydrogen-bond donors (Lipinski definition) is 0. The first-order chi connectivity index (χ1) is 10.2. The van der Waals surface area contributed by atoms with Gasteiger partial charge in [0.05, 0.1) is 30.0 Å². The fourth-order valence-corrected chi connectivity index (χ4v) is 2.68. The van der Waals surface area contributed by atoms with Gasteiger partial charge in [-0.1, -0.05) is 18.2 Å². The molecule has 0 bridgehead atoms. The number of imidazole rings is 1. The van der Waals surface area contributed by atoms with Crippen molar-refractivity contribution in [2.45, 2.75) is 6.54 Å². The van der Waals surface area contributed by atoms with Gasteiger partial charge in [-0.3, -0.25) is 0 Å². The molecule has 0 spiro atoms. The summed E-state index contributed by atoms with van der Waals surface area (Å²) in [5, 5.41) is 0. The van der Waals surface area contributed by atoms with E-state index < -0.39 is 0 Å². The first-order valence-electron chi connectivity index (χ1n) is 6.45. The number of aromatic nitrogens is 2. The third-order valence-corrected chi connectivity index (χ3v) is 4.01. The maximum atomic E-state index is 11.7. The highest BCUT2D eigenvalue weighted by Gasteiger charge is 2.11. The minimum absolute atomic E-state index is 0.348. The second kappa shape index (κ2) is 5.69. The monoisotopic (exact) mass is 344 g/mol. The lowest BCUT2D eigenvalue weighted by Crippen LogP contribution is -2.05. The third kappa shape index (κ3) is 2.69. The van der Waals surface area contributed by atoms with Gasteiger partial charge in [-0.2, -0.15) is 0 Å². The lowest BCUT2D eigenvalue weighted by atomic mass is 10.1. The Morgan fingerprint density at radius 3 is 2.90 bits per heavy atom. The van der Waals surface area contributed by atoms with Crippen molar-refractivity contribution in [1.29, 1.82) is 0 Å². The molecule has 0 aliphatic rings. The lowest BCUT2D eigenvalue weighted by molar-refractivity contribution is 0.0599. The van der Waals surface area contributed by atoms with Gasteiger partial charge in [0.25, 0.3) is 0 Å². The van der Waals surface area contributed by atoms with Crippen molar-refractivity contribution in [3.8, 4) is 0 Å². The first kappa shape index (κ1) is 13.8. The van der Waals surface area contributed by atoms with Gasteiger partial charge in [0.1, 0.15) is 0 Å². The molecule has 0 saturated carbocycles. The normalized spacial score (nSPS) is 10.8. The number of benzene rings is 2. The summed E-state index contributed by atoms with van der Waals surface area (Å²) in [5.74, 6) is -0.348. The van der Waals surface area contributed by atoms with E-state index in [1.807, 2.05) is 48.8 Å². The molecule has 0 aliphatic heterocycles. The van der Waals surface area contributed by atoms with Crippen molar-refractivity contribution in [1.82, 2.24) is 9.55 Å². The van der Waals surface area contributed by atoms with Crippen LogP contribution in [-0.4, -0.2) is 22.6 Å². The highest BCUT2D eigenvalue weighted by Crippen LogP contribution is 2.21. The summed E-state index contributed by atoms with van der Waals surface area (Å²) in [6.07, 6.45) is 1.81. The van der Waals surface area contributed by atoms with Crippen LogP contribution >= 0.6 is 15.9 Å². The molecular formula is C16H13BrN2O2. The topological polar surface area (TPSA) is 44.1 Å². The number of methoxy groups -OCH3 is 1. The van der Waals surface area contributed by atoms with Crippen LogP contribution in [0.15, 0.2) is 53.3 Å². The summed E-state index contributed by atoms with van der Waals surface area (Å²) < 4.78 is 7.57. The smallest absolute Gasteiger partial charge is 0.339 e. The molecule has 3 rings (SSSR count). The molecule has 0 atom stereocenters. The molecule has 2 aromatic carbocycles. The molecule has 0 unspecified atom stereocenters. The average Bonchev–Trinajstić information content (AvgIpc) is 2.92. The molecule has 0 N–H and O–H groups in total. The number of carbonyl (C=O) groups excluding carboxylic acids is 1. The van der Waals surface area contributed by atoms with E-state index >= 15 is 0 Å². The fraction of sp³-hybridized carbons (Fsp3) is 0.125. The SMILES string of the molecule is COC(=O)c1cc(Cn2cnc3ccccc32)ccc1Br. The zero-order chi connectivity index (χ0) is 14.8. The number of carbonyl (C=O) groups is 1. The van der Waals surface area contributed by atoms with Crippen molar-refractivity contribution in [3.63, 3.8) is 0 Å². The van der Waals surface area contributed by atoms with Gasteiger partial charge in [-0.25, -0.2) is 9.78 Å². The van der Waals surface area contributed by atoms with Crippen molar-refractivity contribution >= 4 is 32.9 Å². The largest absolute Gasteiger partial charge is 0.465 e. The minimum atomic E-state index is -0.348. The molecule has 0 aliphatic carbocycles. The number of fused-ring (bicyclic) bond motifs is 1. The van der Waals surface area contributed by atoms with Crippen LogP contribution in [0.1, 0.15) is 15.9 Å². The summed E-state index contributed by atoms with van der Waals surface area (Å²) in [7, 11) is 1.38. The number of rotatable bonds is 3. The van der Waals surface area contributed by atoms with Crippen molar-refractivity contribution in [3.05, 3.63) is 64.4 Å². The molecular weight excluding hydrogens is 332 g/mol. The maximum absolute atomic E-state index is 11.7. The van der Waals surface area contributed by atoms with E-state index in [4.69, 9.17) is 4.74 Å². The minimum Gasteiger partial charge on any atom is -0.465 e. The number of ether oxygens (including phenoxy) is 1. The molecule has 0 fully saturated rings. The Labute approximate surface area is 130 Å². The quantitative estimate of drug-likeness (QED) is 0.681. The molecule has 0 radical (unpaired) electrons. The second-order valence-corrected chi connectivity index (χ2v) is 5.52. The number of esters is 1. The van der Waals surface area contributed by atoms with Crippen LogP contribution in [0.5, 0.6) is 0 Å². The second-order valence-electron chi connectivity index (χ2n) is 4.67. The molecule has 0 saturated heterocycles. The molecule has 4 nitrogen and oxygen atoms in total. The van der Waals surface area contributed by atoms with E-state index in [-0.39, 0.29) is 5.97 Å². The maximum Gasteiger partial charge on any atom is 0.339 e. The Balaban J connectivity index is 1.96. The van der Waals surface area contributed by atoms with Crippen LogP contribution in [0.4, 0.5) is 0 Å². The van der Waals surface area contributed by atoms with Gasteiger partial charge in [0, 0.05) is 11.0 Å². The van der Waals surface area contributed by atoms with Crippen molar-refractivity contribution in [2.24, 2.45) is 0 Å². The van der Waals surface area contributed by atoms with E-state index in [2.05, 4.69) is 25.5 Å². The summed E-state index contributed by atoms with van der Waals surface area (Å²) in [6.45, 7) is 0.651. The molecule has 106 valence electrons. The van der Waals surface area contributed by atoms with E-state index in [1.54, 1.807) is 0 Å². The molecule has 1 aromatic heterocycles. The van der Waals surface area contributed by atoms with Crippen LogP contribution in [0.25, 0.3) is 11.0 Å². The van der Waals surface area contributed by atoms with Crippen LogP contribution in [0.2, 0.25) is 0 Å². The third-order valence-electron chi connectivity index (χ3n) is 3.32. The Morgan fingerprint density at radius 1 is 1.29 bits per heavy atom. The Morgan fingerprint density at radius 2 is 2.10 bits per heavy atom. The lowest BCUT2D eigenvalue weighted by Gasteiger charge is -2.08. The van der Waals surface area contributed by atoms with E-state index in [9.17, 15) is 4.79 Å². The van der Waals surface area contributed by atoms with Crippen LogP contribution in [0.3, 0.4) is 0 Å². The zero-order valence-electron chi connectivity index (χ0n) is 11.4. The first-order valence-corrected chi connectivity index (χ1v) is 7.25. The Kier molecular flexibility index (Phi) is 3.75. The Bertz CT molecular complexity index is 811. The van der Waals surface area contributed by atoms with E-state index in [1.165, 1.54) is 7.11 Å². The van der Waals surface area contributed by atoms with E-state index in [0.29, 0.717) is 12.1 Å². The molecule has 5 heteroatoms. The van der Waals surface area contributed by atoms with Gasteiger partial charge >= 0.3 is 5.97 Å². The predicted molar refractivity (Wildman–Crippen MR) is 84.3 cm³/mol. The van der Waals surface area contributed by atoms with Gasteiger partial charge in [-0.05, 0) is 45.8 Å². The average molecular weight is 345 g/mol. The number of hydrogen-bond acceptors (Lipinski definition) is 3. The predicted octanol–water partition coefficient (Wildman–Crippen LogP) is 3.63. The molecule has 0 amide bonds. The van der Waals surface area contributed by atoms with Crippen LogP contribution in [0, 0.1) is 0 Å². The fourth-order valence-electron chi connectivity index (χ4n) is 2.27. The standard InChI is InChI=1S/C16H13BrN2O2/c1-21-16(20)12-8-11(6-7-13(12)17)9-19-10-18-14-4-2-3-5-15(14)19/h2-8,10H,9H2,1H3. The summed E-state index contributed by atoms with van der Waals surface area (Å²) in [4.78, 5) is 16.1. The molecule has 21 heavy (non-hydrogen) atoms. The van der Waals surface area contributed by atoms with Gasteiger partial charge in [0.2, 0.25) is 0 Å². The summed E-state index contributed by atoms with van der Waals surface area (Å²) >= 11 is 3.37. The van der Waals surface area contributed by atoms with Crippen LogP contribution in [-0.2, 0) is 11.3 Å². The van der Waals surface area contributed by atoms with Crippen LogP contribution < -0.4 is 0 Å². The molecule has 1 heterocycles. The van der Waals surface area contributed by atoms with E-state index in [0.717, 1.165) is 21.1 Å². The molecule has 3 aromatic rings. The number of para-hydroxylation sites is 2. The van der Waals surface area contributed by atoms with Gasteiger partial charge in [0.15, 0.2) is 0 Å². The van der Waals surface area contributed by atoms with Crippen molar-refractivity contribution in [2.75, 3.05) is 7.11 Å². The number of nitrogens with zero attached hydrogens (tertiary/aromatic N) is 2. The summed E-state index contributed by atoms with van der Waals surface area (Å²) in [5.41, 5.74) is 3.57. The Hall–Kier alpha value is -2.14. The highest BCUT2D eigenvalue weighted by atomic mass is 79.9. The van der Waals surface area contributed by atoms with Gasteiger partial charge in [-0.15, -0.1) is 0 Å².